The van der Waals surface area contributed by atoms with Gasteiger partial charge < -0.3 is 10.2 Å². The third kappa shape index (κ3) is 3.69. The molecule has 30 heavy (non-hydrogen) atoms. The first-order valence-electron chi connectivity index (χ1n) is 10.5. The minimum absolute atomic E-state index is 0.254. The van der Waals surface area contributed by atoms with Gasteiger partial charge in [0.1, 0.15) is 11.5 Å². The first-order valence-corrected chi connectivity index (χ1v) is 10.5. The maximum Gasteiger partial charge on any atom is 0.123 e. The molecular formula is C28H24O2. The van der Waals surface area contributed by atoms with Crippen LogP contribution in [-0.4, -0.2) is 10.2 Å². The van der Waals surface area contributed by atoms with Crippen LogP contribution in [0.4, 0.5) is 0 Å². The Morgan fingerprint density at radius 2 is 1.10 bits per heavy atom. The normalized spacial score (nSPS) is 13.1. The lowest BCUT2D eigenvalue weighted by molar-refractivity contribution is 0.473. The van der Waals surface area contributed by atoms with Gasteiger partial charge in [0.15, 0.2) is 0 Å². The molecule has 0 radical (unpaired) electrons. The predicted molar refractivity (Wildman–Crippen MR) is 122 cm³/mol. The van der Waals surface area contributed by atoms with E-state index in [9.17, 15) is 10.2 Å². The van der Waals surface area contributed by atoms with Crippen molar-refractivity contribution in [3.05, 3.63) is 107 Å². The van der Waals surface area contributed by atoms with E-state index < -0.39 is 0 Å². The molecule has 0 aliphatic heterocycles. The van der Waals surface area contributed by atoms with Crippen molar-refractivity contribution in [2.75, 3.05) is 0 Å². The smallest absolute Gasteiger partial charge is 0.123 e. The van der Waals surface area contributed by atoms with Gasteiger partial charge in [-0.15, -0.1) is 0 Å². The maximum atomic E-state index is 10.8. The number of phenolic OH excluding ortho intramolecular Hbond substituents is 2. The minimum Gasteiger partial charge on any atom is -0.508 e. The van der Waals surface area contributed by atoms with Crippen LogP contribution < -0.4 is 0 Å². The van der Waals surface area contributed by atoms with Crippen molar-refractivity contribution in [3.8, 4) is 33.8 Å². The number of aryl methyl sites for hydroxylation is 4. The largest absolute Gasteiger partial charge is 0.508 e. The Hall–Kier alpha value is -3.52. The molecule has 2 aliphatic carbocycles. The van der Waals surface area contributed by atoms with Crippen molar-refractivity contribution in [2.45, 2.75) is 25.7 Å². The van der Waals surface area contributed by atoms with Crippen LogP contribution in [0.1, 0.15) is 22.3 Å². The van der Waals surface area contributed by atoms with Crippen LogP contribution in [0.25, 0.3) is 22.3 Å². The molecule has 148 valence electrons. The predicted octanol–water partition coefficient (Wildman–Crippen LogP) is 6.32. The molecular weight excluding hydrogens is 368 g/mol. The van der Waals surface area contributed by atoms with E-state index in [4.69, 9.17) is 0 Å². The highest BCUT2D eigenvalue weighted by molar-refractivity contribution is 5.74. The zero-order chi connectivity index (χ0) is 20.5. The number of fused-ring (bicyclic) bond motifs is 4. The highest BCUT2D eigenvalue weighted by Gasteiger charge is 2.13. The van der Waals surface area contributed by atoms with Crippen LogP contribution in [0, 0.1) is 0 Å². The summed E-state index contributed by atoms with van der Waals surface area (Å²) in [7, 11) is 0. The Balaban J connectivity index is 1.64. The fraction of sp³-hybridized carbons (Fsp3) is 0.143. The molecule has 0 saturated carbocycles. The highest BCUT2D eigenvalue weighted by Crippen LogP contribution is 2.35. The Labute approximate surface area is 177 Å². The molecule has 4 aromatic carbocycles. The molecule has 0 spiro atoms. The molecule has 2 heteroatoms. The lowest BCUT2D eigenvalue weighted by atomic mass is 9.91. The van der Waals surface area contributed by atoms with Crippen molar-refractivity contribution < 1.29 is 10.2 Å². The first-order chi connectivity index (χ1) is 14.7. The van der Waals surface area contributed by atoms with Gasteiger partial charge >= 0.3 is 0 Å². The summed E-state index contributed by atoms with van der Waals surface area (Å²) < 4.78 is 0. The molecule has 0 saturated heterocycles. The molecule has 6 bridgehead atoms. The van der Waals surface area contributed by atoms with Gasteiger partial charge in [-0.2, -0.15) is 0 Å². The second kappa shape index (κ2) is 7.72. The number of hydrogen-bond donors (Lipinski definition) is 2. The first kappa shape index (κ1) is 18.5. The number of hydrogen-bond acceptors (Lipinski definition) is 2. The fourth-order valence-corrected chi connectivity index (χ4v) is 4.39. The van der Waals surface area contributed by atoms with Crippen molar-refractivity contribution in [1.82, 2.24) is 0 Å². The van der Waals surface area contributed by atoms with Crippen LogP contribution in [0.5, 0.6) is 11.5 Å². The molecule has 6 rings (SSSR count). The summed E-state index contributed by atoms with van der Waals surface area (Å²) >= 11 is 0. The van der Waals surface area contributed by atoms with E-state index in [0.29, 0.717) is 5.75 Å². The summed E-state index contributed by atoms with van der Waals surface area (Å²) in [6.07, 6.45) is 3.45. The average Bonchev–Trinajstić information content (AvgIpc) is 2.77. The Morgan fingerprint density at radius 1 is 0.500 bits per heavy atom. The van der Waals surface area contributed by atoms with E-state index in [0.717, 1.165) is 47.9 Å². The van der Waals surface area contributed by atoms with Gasteiger partial charge in [0.05, 0.1) is 0 Å². The Bertz CT molecular complexity index is 1220. The molecule has 0 unspecified atom stereocenters. The summed E-state index contributed by atoms with van der Waals surface area (Å²) in [5.41, 5.74) is 8.99. The number of rotatable bonds is 0. The second-order valence-electron chi connectivity index (χ2n) is 8.09. The molecule has 0 amide bonds. The van der Waals surface area contributed by atoms with Crippen LogP contribution >= 0.6 is 0 Å². The standard InChI is InChI=1S/C28H24O2/c29-25-12-14-26-24(18-25)11-9-20-4-2-6-23(16-20)22-5-1-3-19(15-22)7-8-21-10-13-27(26)28(30)17-21/h1-6,10,12-18,29-30H,7-9,11H2. The summed E-state index contributed by atoms with van der Waals surface area (Å²) in [6.45, 7) is 0. The topological polar surface area (TPSA) is 40.5 Å². The lowest BCUT2D eigenvalue weighted by Crippen LogP contribution is -1.97. The van der Waals surface area contributed by atoms with Crippen molar-refractivity contribution in [3.63, 3.8) is 0 Å². The fourth-order valence-electron chi connectivity index (χ4n) is 4.39. The summed E-state index contributed by atoms with van der Waals surface area (Å²) in [4.78, 5) is 0. The van der Waals surface area contributed by atoms with Crippen LogP contribution in [0.15, 0.2) is 84.9 Å². The third-order valence-corrected chi connectivity index (χ3v) is 6.01. The van der Waals surface area contributed by atoms with E-state index >= 15 is 0 Å². The second-order valence-corrected chi connectivity index (χ2v) is 8.09. The van der Waals surface area contributed by atoms with Crippen molar-refractivity contribution in [1.29, 1.82) is 0 Å². The van der Waals surface area contributed by atoms with Crippen molar-refractivity contribution >= 4 is 0 Å². The van der Waals surface area contributed by atoms with Gasteiger partial charge in [-0.25, -0.2) is 0 Å². The van der Waals surface area contributed by atoms with Crippen LogP contribution in [0.2, 0.25) is 0 Å². The molecule has 4 aromatic rings. The van der Waals surface area contributed by atoms with Gasteiger partial charge in [-0.3, -0.25) is 0 Å². The molecule has 2 N–H and O–H groups in total. The molecule has 2 aliphatic rings. The molecule has 0 atom stereocenters. The SMILES string of the molecule is Oc1ccc2c(c1)CCc1cccc(c1)-c1cccc(c1)CCc1ccc-2c(O)c1. The third-order valence-electron chi connectivity index (χ3n) is 6.01. The van der Waals surface area contributed by atoms with Gasteiger partial charge in [0.25, 0.3) is 0 Å². The maximum absolute atomic E-state index is 10.8. The molecule has 0 fully saturated rings. The lowest BCUT2D eigenvalue weighted by Gasteiger charge is -2.14. The Kier molecular flexibility index (Phi) is 4.76. The number of benzene rings is 4. The van der Waals surface area contributed by atoms with Gasteiger partial charge in [-0.1, -0.05) is 66.7 Å². The number of phenols is 2. The molecule has 0 heterocycles. The van der Waals surface area contributed by atoms with E-state index in [1.54, 1.807) is 6.07 Å². The summed E-state index contributed by atoms with van der Waals surface area (Å²) in [5, 5.41) is 20.8. The Morgan fingerprint density at radius 3 is 1.77 bits per heavy atom. The summed E-state index contributed by atoms with van der Waals surface area (Å²) in [6, 6.07) is 28.8. The number of aromatic hydroxyl groups is 2. The van der Waals surface area contributed by atoms with Gasteiger partial charge in [-0.05, 0) is 82.8 Å². The van der Waals surface area contributed by atoms with Crippen LogP contribution in [-0.2, 0) is 25.7 Å². The van der Waals surface area contributed by atoms with Crippen molar-refractivity contribution in [2.24, 2.45) is 0 Å². The average molecular weight is 392 g/mol. The van der Waals surface area contributed by atoms with E-state index in [2.05, 4.69) is 54.6 Å². The zero-order valence-electron chi connectivity index (χ0n) is 16.8. The van der Waals surface area contributed by atoms with Crippen LogP contribution in [0.3, 0.4) is 0 Å². The van der Waals surface area contributed by atoms with E-state index in [1.165, 1.54) is 22.3 Å². The molecule has 2 nitrogen and oxygen atoms in total. The zero-order valence-corrected chi connectivity index (χ0v) is 16.8. The van der Waals surface area contributed by atoms with E-state index in [1.807, 2.05) is 24.3 Å². The van der Waals surface area contributed by atoms with E-state index in [-0.39, 0.29) is 5.75 Å². The monoisotopic (exact) mass is 392 g/mol. The minimum atomic E-state index is 0.254. The molecule has 0 aromatic heterocycles. The quantitative estimate of drug-likeness (QED) is 0.368. The van der Waals surface area contributed by atoms with Gasteiger partial charge in [0.2, 0.25) is 0 Å². The van der Waals surface area contributed by atoms with Gasteiger partial charge in [0, 0.05) is 5.56 Å². The highest BCUT2D eigenvalue weighted by atomic mass is 16.3. The summed E-state index contributed by atoms with van der Waals surface area (Å²) in [5.74, 6) is 0.548.